The Morgan fingerprint density at radius 2 is 1.91 bits per heavy atom. The van der Waals surface area contributed by atoms with Crippen molar-refractivity contribution in [2.75, 3.05) is 11.9 Å². The van der Waals surface area contributed by atoms with Gasteiger partial charge in [0.25, 0.3) is 5.91 Å². The first-order valence-corrected chi connectivity index (χ1v) is 11.4. The van der Waals surface area contributed by atoms with Gasteiger partial charge in [0, 0.05) is 22.8 Å². The molecule has 0 saturated carbocycles. The molecule has 0 saturated heterocycles. The van der Waals surface area contributed by atoms with Gasteiger partial charge in [-0.2, -0.15) is 5.10 Å². The van der Waals surface area contributed by atoms with E-state index in [1.807, 2.05) is 67.2 Å². The smallest absolute Gasteiger partial charge is 0.259 e. The van der Waals surface area contributed by atoms with E-state index in [2.05, 4.69) is 43.6 Å². The fourth-order valence-corrected chi connectivity index (χ4v) is 3.60. The standard InChI is InChI=1S/C24H28BrN5O2/c1-4-14-30-16-18(17(3)29-30)15-26-24(27-21-12-8-9-13-22(21)32-5-2)28-23(31)19-10-6-7-11-20(19)25/h6-13,16H,4-5,14-15H2,1-3H3,(H2,26,27,28,31). The molecule has 7 nitrogen and oxygen atoms in total. The van der Waals surface area contributed by atoms with Crippen LogP contribution in [0.5, 0.6) is 5.75 Å². The first-order valence-electron chi connectivity index (χ1n) is 10.6. The van der Waals surface area contributed by atoms with Crippen LogP contribution in [0.25, 0.3) is 0 Å². The first-order chi connectivity index (χ1) is 15.5. The molecule has 1 amide bonds. The van der Waals surface area contributed by atoms with E-state index in [-0.39, 0.29) is 5.91 Å². The lowest BCUT2D eigenvalue weighted by Gasteiger charge is -2.15. The van der Waals surface area contributed by atoms with Crippen molar-refractivity contribution >= 4 is 33.5 Å². The fraction of sp³-hybridized carbons (Fsp3) is 0.292. The predicted octanol–water partition coefficient (Wildman–Crippen LogP) is 5.16. The molecule has 8 heteroatoms. The number of nitrogens with one attached hydrogen (secondary N) is 2. The monoisotopic (exact) mass is 497 g/mol. The molecule has 0 atom stereocenters. The highest BCUT2D eigenvalue weighted by Gasteiger charge is 2.14. The van der Waals surface area contributed by atoms with E-state index in [1.54, 1.807) is 6.07 Å². The number of aromatic nitrogens is 2. The van der Waals surface area contributed by atoms with Gasteiger partial charge < -0.3 is 10.1 Å². The van der Waals surface area contributed by atoms with Gasteiger partial charge in [-0.1, -0.05) is 31.2 Å². The summed E-state index contributed by atoms with van der Waals surface area (Å²) in [6, 6.07) is 14.8. The van der Waals surface area contributed by atoms with Crippen LogP contribution in [0.3, 0.4) is 0 Å². The highest BCUT2D eigenvalue weighted by Crippen LogP contribution is 2.24. The number of hydrogen-bond donors (Lipinski definition) is 2. The molecule has 168 valence electrons. The lowest BCUT2D eigenvalue weighted by atomic mass is 10.2. The van der Waals surface area contributed by atoms with Crippen molar-refractivity contribution in [2.24, 2.45) is 4.99 Å². The molecular weight excluding hydrogens is 470 g/mol. The van der Waals surface area contributed by atoms with Crippen LogP contribution in [-0.2, 0) is 13.1 Å². The Kier molecular flexibility index (Phi) is 8.44. The average molecular weight is 498 g/mol. The van der Waals surface area contributed by atoms with Gasteiger partial charge >= 0.3 is 0 Å². The average Bonchev–Trinajstić information content (AvgIpc) is 3.13. The number of anilines is 1. The molecule has 0 spiro atoms. The summed E-state index contributed by atoms with van der Waals surface area (Å²) in [7, 11) is 0. The lowest BCUT2D eigenvalue weighted by Crippen LogP contribution is -2.36. The Hall–Kier alpha value is -3.13. The Morgan fingerprint density at radius 3 is 2.66 bits per heavy atom. The van der Waals surface area contributed by atoms with Crippen molar-refractivity contribution in [3.8, 4) is 5.75 Å². The van der Waals surface area contributed by atoms with Gasteiger partial charge in [-0.3, -0.25) is 14.8 Å². The van der Waals surface area contributed by atoms with Crippen molar-refractivity contribution < 1.29 is 9.53 Å². The number of guanidine groups is 1. The number of para-hydroxylation sites is 2. The largest absolute Gasteiger partial charge is 0.492 e. The van der Waals surface area contributed by atoms with Gasteiger partial charge in [0.15, 0.2) is 0 Å². The number of ether oxygens (including phenoxy) is 1. The zero-order valence-electron chi connectivity index (χ0n) is 18.6. The van der Waals surface area contributed by atoms with Crippen LogP contribution in [0.2, 0.25) is 0 Å². The second kappa shape index (κ2) is 11.5. The van der Waals surface area contributed by atoms with E-state index in [0.717, 1.165) is 29.9 Å². The van der Waals surface area contributed by atoms with Crippen LogP contribution in [0.4, 0.5) is 5.69 Å². The molecule has 0 aliphatic carbocycles. The minimum absolute atomic E-state index is 0.268. The molecule has 0 aliphatic rings. The minimum atomic E-state index is -0.268. The number of aliphatic imine (C=N–C) groups is 1. The number of halogens is 1. The summed E-state index contributed by atoms with van der Waals surface area (Å²) in [4.78, 5) is 17.6. The summed E-state index contributed by atoms with van der Waals surface area (Å²) in [5.74, 6) is 0.751. The summed E-state index contributed by atoms with van der Waals surface area (Å²) in [6.45, 7) is 7.78. The number of carbonyl (C=O) groups is 1. The maximum Gasteiger partial charge on any atom is 0.259 e. The minimum Gasteiger partial charge on any atom is -0.492 e. The van der Waals surface area contributed by atoms with E-state index in [4.69, 9.17) is 4.74 Å². The van der Waals surface area contributed by atoms with E-state index in [1.165, 1.54) is 0 Å². The van der Waals surface area contributed by atoms with Crippen LogP contribution in [-0.4, -0.2) is 28.3 Å². The summed E-state index contributed by atoms with van der Waals surface area (Å²) >= 11 is 3.44. The third-order valence-corrected chi connectivity index (χ3v) is 5.39. The quantitative estimate of drug-likeness (QED) is 0.332. The summed E-state index contributed by atoms with van der Waals surface area (Å²) in [5.41, 5.74) is 3.17. The molecule has 3 rings (SSSR count). The van der Waals surface area contributed by atoms with Gasteiger partial charge in [0.05, 0.1) is 30.1 Å². The highest BCUT2D eigenvalue weighted by atomic mass is 79.9. The molecule has 0 fully saturated rings. The Balaban J connectivity index is 1.87. The lowest BCUT2D eigenvalue weighted by molar-refractivity contribution is 0.0976. The zero-order chi connectivity index (χ0) is 22.9. The Morgan fingerprint density at radius 1 is 1.16 bits per heavy atom. The third-order valence-electron chi connectivity index (χ3n) is 4.70. The summed E-state index contributed by atoms with van der Waals surface area (Å²) in [6.07, 6.45) is 3.01. The topological polar surface area (TPSA) is 80.5 Å². The molecule has 0 aliphatic heterocycles. The second-order valence-corrected chi connectivity index (χ2v) is 8.01. The van der Waals surface area contributed by atoms with Crippen molar-refractivity contribution in [1.29, 1.82) is 0 Å². The van der Waals surface area contributed by atoms with Gasteiger partial charge in [-0.25, -0.2) is 4.99 Å². The van der Waals surface area contributed by atoms with Crippen LogP contribution in [0, 0.1) is 6.92 Å². The van der Waals surface area contributed by atoms with Crippen LogP contribution in [0.1, 0.15) is 41.9 Å². The van der Waals surface area contributed by atoms with Gasteiger partial charge in [0.2, 0.25) is 5.96 Å². The number of hydrogen-bond acceptors (Lipinski definition) is 4. The van der Waals surface area contributed by atoms with E-state index in [9.17, 15) is 4.79 Å². The van der Waals surface area contributed by atoms with E-state index in [0.29, 0.717) is 34.9 Å². The highest BCUT2D eigenvalue weighted by molar-refractivity contribution is 9.10. The fourth-order valence-electron chi connectivity index (χ4n) is 3.13. The van der Waals surface area contributed by atoms with Crippen LogP contribution >= 0.6 is 15.9 Å². The van der Waals surface area contributed by atoms with Crippen LogP contribution < -0.4 is 15.4 Å². The molecule has 0 unspecified atom stereocenters. The molecule has 1 heterocycles. The van der Waals surface area contributed by atoms with Gasteiger partial charge in [0.1, 0.15) is 5.75 Å². The van der Waals surface area contributed by atoms with E-state index >= 15 is 0 Å². The maximum atomic E-state index is 12.9. The normalized spacial score (nSPS) is 11.3. The zero-order valence-corrected chi connectivity index (χ0v) is 20.1. The van der Waals surface area contributed by atoms with Crippen LogP contribution in [0.15, 0.2) is 64.2 Å². The second-order valence-electron chi connectivity index (χ2n) is 7.16. The molecule has 2 aromatic carbocycles. The SMILES string of the molecule is CCCn1cc(CN=C(NC(=O)c2ccccc2Br)Nc2ccccc2OCC)c(C)n1. The molecular formula is C24H28BrN5O2. The molecule has 1 aromatic heterocycles. The van der Waals surface area contributed by atoms with Crippen molar-refractivity contribution in [3.05, 3.63) is 76.0 Å². The first kappa shape index (κ1) is 23.5. The number of rotatable bonds is 8. The van der Waals surface area contributed by atoms with Gasteiger partial charge in [-0.15, -0.1) is 0 Å². The molecule has 0 bridgehead atoms. The molecule has 32 heavy (non-hydrogen) atoms. The van der Waals surface area contributed by atoms with Crippen molar-refractivity contribution in [1.82, 2.24) is 15.1 Å². The summed E-state index contributed by atoms with van der Waals surface area (Å²) < 4.78 is 8.35. The molecule has 0 radical (unpaired) electrons. The van der Waals surface area contributed by atoms with Gasteiger partial charge in [-0.05, 0) is 60.5 Å². The third kappa shape index (κ3) is 6.20. The number of carbonyl (C=O) groups excluding carboxylic acids is 1. The molecule has 2 N–H and O–H groups in total. The number of amides is 1. The summed E-state index contributed by atoms with van der Waals surface area (Å²) in [5, 5.41) is 10.7. The number of benzene rings is 2. The van der Waals surface area contributed by atoms with E-state index < -0.39 is 0 Å². The van der Waals surface area contributed by atoms with Crippen molar-refractivity contribution in [3.63, 3.8) is 0 Å². The molecule has 3 aromatic rings. The predicted molar refractivity (Wildman–Crippen MR) is 131 cm³/mol. The maximum absolute atomic E-state index is 12.9. The van der Waals surface area contributed by atoms with Crippen molar-refractivity contribution in [2.45, 2.75) is 40.3 Å². The number of aryl methyl sites for hydroxylation is 2. The Bertz CT molecular complexity index is 1090. The Labute approximate surface area is 197 Å². The number of nitrogens with zero attached hydrogens (tertiary/aromatic N) is 3.